The fourth-order valence-corrected chi connectivity index (χ4v) is 3.87. The zero-order valence-corrected chi connectivity index (χ0v) is 20.8. The molecule has 0 aliphatic heterocycles. The Bertz CT molecular complexity index is 1300. The number of aryl methyl sites for hydroxylation is 1. The van der Waals surface area contributed by atoms with E-state index in [1.807, 2.05) is 12.1 Å². The van der Waals surface area contributed by atoms with Crippen molar-refractivity contribution in [2.75, 3.05) is 28.6 Å². The summed E-state index contributed by atoms with van der Waals surface area (Å²) in [5, 5.41) is 6.17. The van der Waals surface area contributed by atoms with Crippen LogP contribution in [0.2, 0.25) is 0 Å². The quantitative estimate of drug-likeness (QED) is 0.272. The van der Waals surface area contributed by atoms with Crippen molar-refractivity contribution in [3.8, 4) is 0 Å². The first-order valence-corrected chi connectivity index (χ1v) is 12.4. The molecule has 0 bridgehead atoms. The Labute approximate surface area is 210 Å². The van der Waals surface area contributed by atoms with Crippen molar-refractivity contribution in [1.29, 1.82) is 0 Å². The van der Waals surface area contributed by atoms with Gasteiger partial charge >= 0.3 is 0 Å². The number of halogens is 1. The summed E-state index contributed by atoms with van der Waals surface area (Å²) < 4.78 is 38.3. The van der Waals surface area contributed by atoms with Crippen molar-refractivity contribution in [1.82, 2.24) is 15.4 Å². The van der Waals surface area contributed by atoms with Crippen LogP contribution in [-0.2, 0) is 16.1 Å². The summed E-state index contributed by atoms with van der Waals surface area (Å²) in [6, 6.07) is 9.90. The molecule has 0 saturated heterocycles. The van der Waals surface area contributed by atoms with Gasteiger partial charge in [-0.25, -0.2) is 19.8 Å². The number of hydrogen-bond acceptors (Lipinski definition) is 8. The summed E-state index contributed by atoms with van der Waals surface area (Å²) in [4.78, 5) is 26.2. The van der Waals surface area contributed by atoms with E-state index in [4.69, 9.17) is 4.84 Å². The number of benzene rings is 1. The first-order chi connectivity index (χ1) is 17.3. The third-order valence-electron chi connectivity index (χ3n) is 5.64. The topological polar surface area (TPSA) is 132 Å². The van der Waals surface area contributed by atoms with Gasteiger partial charge in [-0.15, -0.1) is 0 Å². The number of hydroxylamine groups is 1. The Kier molecular flexibility index (Phi) is 7.77. The molecule has 4 rings (SSSR count). The van der Waals surface area contributed by atoms with Gasteiger partial charge in [0.2, 0.25) is 0 Å². The van der Waals surface area contributed by atoms with Gasteiger partial charge in [-0.3, -0.25) is 13.8 Å². The SMILES string of the molecule is CCONC(=O)c1cnc(Nc2ccc(F)c(C)n2)cc1Nc1ccc(C2CC2)cc1N(C)S(=O)[O-]. The van der Waals surface area contributed by atoms with Crippen LogP contribution < -0.4 is 20.4 Å². The Morgan fingerprint density at radius 2 is 1.97 bits per heavy atom. The summed E-state index contributed by atoms with van der Waals surface area (Å²) in [7, 11) is 1.45. The molecular weight excluding hydrogens is 487 g/mol. The molecule has 1 amide bonds. The van der Waals surface area contributed by atoms with E-state index in [-0.39, 0.29) is 17.9 Å². The molecular formula is C24H26FN6O4S-. The van der Waals surface area contributed by atoms with Crippen LogP contribution in [0.1, 0.15) is 47.3 Å². The standard InChI is InChI=1S/C24H27FN6O4S/c1-4-35-30-24(32)17-13-26-23(29-22-10-8-18(25)14(2)27-22)12-20(17)28-19-9-7-16(15-5-6-15)11-21(19)31(3)36(33)34/h7-13,15H,4-6H2,1-3H3,(H,30,32)(H,33,34)(H2,26,27,28,29)/p-1. The van der Waals surface area contributed by atoms with Crippen molar-refractivity contribution < 1.29 is 22.8 Å². The molecule has 2 heterocycles. The predicted molar refractivity (Wildman–Crippen MR) is 135 cm³/mol. The van der Waals surface area contributed by atoms with Crippen LogP contribution in [0, 0.1) is 12.7 Å². The molecule has 3 aromatic rings. The van der Waals surface area contributed by atoms with Gasteiger partial charge in [0, 0.05) is 30.6 Å². The molecule has 190 valence electrons. The van der Waals surface area contributed by atoms with Crippen LogP contribution in [0.5, 0.6) is 0 Å². The monoisotopic (exact) mass is 513 g/mol. The average molecular weight is 514 g/mol. The lowest BCUT2D eigenvalue weighted by atomic mass is 10.1. The second-order valence-corrected chi connectivity index (χ2v) is 9.24. The number of nitrogens with zero attached hydrogens (tertiary/aromatic N) is 3. The normalized spacial score (nSPS) is 13.7. The number of anilines is 5. The first kappa shape index (κ1) is 25.5. The maximum atomic E-state index is 13.6. The smallest absolute Gasteiger partial charge is 0.278 e. The first-order valence-electron chi connectivity index (χ1n) is 11.3. The van der Waals surface area contributed by atoms with Crippen LogP contribution >= 0.6 is 0 Å². The van der Waals surface area contributed by atoms with E-state index in [1.54, 1.807) is 26.0 Å². The molecule has 12 heteroatoms. The fourth-order valence-electron chi connectivity index (χ4n) is 3.56. The summed E-state index contributed by atoms with van der Waals surface area (Å²) in [5.41, 5.74) is 5.04. The zero-order valence-electron chi connectivity index (χ0n) is 20.0. The van der Waals surface area contributed by atoms with Gasteiger partial charge in [0.15, 0.2) is 0 Å². The van der Waals surface area contributed by atoms with Gasteiger partial charge in [0.25, 0.3) is 5.91 Å². The zero-order chi connectivity index (χ0) is 25.8. The lowest BCUT2D eigenvalue weighted by molar-refractivity contribution is 0.0365. The number of pyridine rings is 2. The second-order valence-electron chi connectivity index (χ2n) is 8.26. The van der Waals surface area contributed by atoms with E-state index in [0.717, 1.165) is 22.7 Å². The lowest BCUT2D eigenvalue weighted by Crippen LogP contribution is -2.25. The average Bonchev–Trinajstić information content (AvgIpc) is 3.70. The molecule has 1 atom stereocenters. The number of carbonyl (C=O) groups excluding carboxylic acids is 1. The van der Waals surface area contributed by atoms with Crippen molar-refractivity contribution in [3.63, 3.8) is 0 Å². The number of rotatable bonds is 10. The molecule has 1 saturated carbocycles. The highest BCUT2D eigenvalue weighted by Gasteiger charge is 2.25. The highest BCUT2D eigenvalue weighted by atomic mass is 32.2. The maximum Gasteiger partial charge on any atom is 0.278 e. The molecule has 2 aromatic heterocycles. The van der Waals surface area contributed by atoms with Gasteiger partial charge in [-0.05, 0) is 62.4 Å². The van der Waals surface area contributed by atoms with E-state index >= 15 is 0 Å². The highest BCUT2D eigenvalue weighted by molar-refractivity contribution is 7.80. The molecule has 0 spiro atoms. The number of nitrogens with one attached hydrogen (secondary N) is 3. The van der Waals surface area contributed by atoms with Crippen LogP contribution in [0.25, 0.3) is 0 Å². The Balaban J connectivity index is 1.72. The predicted octanol–water partition coefficient (Wildman–Crippen LogP) is 4.20. The number of carbonyl (C=O) groups is 1. The Morgan fingerprint density at radius 3 is 2.64 bits per heavy atom. The molecule has 1 aliphatic carbocycles. The molecule has 0 radical (unpaired) electrons. The van der Waals surface area contributed by atoms with Gasteiger partial charge in [-0.2, -0.15) is 0 Å². The number of amides is 1. The largest absolute Gasteiger partial charge is 0.755 e. The number of aromatic nitrogens is 2. The molecule has 1 unspecified atom stereocenters. The molecule has 10 nitrogen and oxygen atoms in total. The van der Waals surface area contributed by atoms with Crippen molar-refractivity contribution in [2.24, 2.45) is 0 Å². The molecule has 1 aliphatic rings. The van der Waals surface area contributed by atoms with E-state index in [1.165, 1.54) is 25.4 Å². The van der Waals surface area contributed by atoms with E-state index < -0.39 is 23.0 Å². The molecule has 1 fully saturated rings. The minimum Gasteiger partial charge on any atom is -0.755 e. The second kappa shape index (κ2) is 11.0. The molecule has 1 aromatic carbocycles. The van der Waals surface area contributed by atoms with Crippen molar-refractivity contribution >= 4 is 45.9 Å². The lowest BCUT2D eigenvalue weighted by Gasteiger charge is -2.25. The van der Waals surface area contributed by atoms with E-state index in [0.29, 0.717) is 34.6 Å². The third-order valence-corrected chi connectivity index (χ3v) is 6.28. The van der Waals surface area contributed by atoms with Crippen LogP contribution in [0.3, 0.4) is 0 Å². The summed E-state index contributed by atoms with van der Waals surface area (Å²) in [6.07, 6.45) is 3.48. The minimum absolute atomic E-state index is 0.167. The Morgan fingerprint density at radius 1 is 1.19 bits per heavy atom. The Hall–Kier alpha value is -3.61. The fraction of sp³-hybridized carbons (Fsp3) is 0.292. The van der Waals surface area contributed by atoms with Gasteiger partial charge in [0.1, 0.15) is 17.5 Å². The minimum atomic E-state index is -2.50. The summed E-state index contributed by atoms with van der Waals surface area (Å²) in [6.45, 7) is 3.55. The maximum absolute atomic E-state index is 13.6. The van der Waals surface area contributed by atoms with E-state index in [2.05, 4.69) is 26.1 Å². The molecule has 3 N–H and O–H groups in total. The molecule has 36 heavy (non-hydrogen) atoms. The van der Waals surface area contributed by atoms with E-state index in [9.17, 15) is 17.9 Å². The van der Waals surface area contributed by atoms with Crippen molar-refractivity contribution in [3.05, 3.63) is 65.2 Å². The van der Waals surface area contributed by atoms with Gasteiger partial charge in [-0.1, -0.05) is 6.07 Å². The summed E-state index contributed by atoms with van der Waals surface area (Å²) >= 11 is -2.50. The van der Waals surface area contributed by atoms with Crippen LogP contribution in [0.4, 0.5) is 33.1 Å². The van der Waals surface area contributed by atoms with Crippen molar-refractivity contribution in [2.45, 2.75) is 32.6 Å². The highest BCUT2D eigenvalue weighted by Crippen LogP contribution is 2.43. The van der Waals surface area contributed by atoms with Gasteiger partial charge < -0.3 is 19.5 Å². The van der Waals surface area contributed by atoms with Gasteiger partial charge in [0.05, 0.1) is 34.9 Å². The van der Waals surface area contributed by atoms with Crippen LogP contribution in [-0.4, -0.2) is 38.3 Å². The van der Waals surface area contributed by atoms with Crippen LogP contribution in [0.15, 0.2) is 42.6 Å². The number of hydrogen-bond donors (Lipinski definition) is 3. The third kappa shape index (κ3) is 5.96. The summed E-state index contributed by atoms with van der Waals surface area (Å²) in [5.74, 6) is 0.157.